The van der Waals surface area contributed by atoms with Crippen LogP contribution in [0.25, 0.3) is 0 Å². The third-order valence-electron chi connectivity index (χ3n) is 2.15. The maximum absolute atomic E-state index is 7.51. The lowest BCUT2D eigenvalue weighted by molar-refractivity contribution is 0.479. The molecule has 0 bridgehead atoms. The SMILES string of the molecule is N=C(N)c1c(Cl)cccc1Oc1cncc(Br)c1. The first-order valence-corrected chi connectivity index (χ1v) is 6.16. The molecule has 1 heterocycles. The van der Waals surface area contributed by atoms with Crippen LogP contribution in [-0.2, 0) is 0 Å². The molecule has 0 aliphatic heterocycles. The standard InChI is InChI=1S/C12H9BrClN3O/c13-7-4-8(6-17-5-7)18-10-3-1-2-9(14)11(10)12(15)16/h1-6H,(H3,15,16). The number of pyridine rings is 1. The minimum Gasteiger partial charge on any atom is -0.455 e. The number of hydrogen-bond acceptors (Lipinski definition) is 3. The number of aromatic nitrogens is 1. The molecule has 1 aromatic carbocycles. The van der Waals surface area contributed by atoms with Gasteiger partial charge in [0, 0.05) is 10.7 Å². The Hall–Kier alpha value is -1.59. The third kappa shape index (κ3) is 2.80. The lowest BCUT2D eigenvalue weighted by Crippen LogP contribution is -2.13. The van der Waals surface area contributed by atoms with Crippen LogP contribution < -0.4 is 10.5 Å². The van der Waals surface area contributed by atoms with Gasteiger partial charge in [0.1, 0.15) is 17.3 Å². The van der Waals surface area contributed by atoms with Crippen molar-refractivity contribution in [3.8, 4) is 11.5 Å². The molecule has 2 rings (SSSR count). The summed E-state index contributed by atoms with van der Waals surface area (Å²) < 4.78 is 6.43. The smallest absolute Gasteiger partial charge is 0.146 e. The molecule has 0 unspecified atom stereocenters. The number of nitrogen functional groups attached to an aromatic ring is 1. The van der Waals surface area contributed by atoms with Gasteiger partial charge in [0.2, 0.25) is 0 Å². The Balaban J connectivity index is 2.40. The Morgan fingerprint density at radius 1 is 1.39 bits per heavy atom. The molecule has 0 atom stereocenters. The Morgan fingerprint density at radius 3 is 2.83 bits per heavy atom. The molecule has 1 aromatic heterocycles. The van der Waals surface area contributed by atoms with E-state index in [0.29, 0.717) is 22.1 Å². The minimum atomic E-state index is -0.140. The monoisotopic (exact) mass is 325 g/mol. The fourth-order valence-electron chi connectivity index (χ4n) is 1.43. The number of nitrogens with zero attached hydrogens (tertiary/aromatic N) is 1. The second kappa shape index (κ2) is 5.37. The van der Waals surface area contributed by atoms with Crippen molar-refractivity contribution >= 4 is 33.4 Å². The first-order chi connectivity index (χ1) is 8.58. The molecule has 6 heteroatoms. The van der Waals surface area contributed by atoms with E-state index in [1.54, 1.807) is 36.7 Å². The Labute approximate surface area is 117 Å². The second-order valence-electron chi connectivity index (χ2n) is 3.47. The summed E-state index contributed by atoms with van der Waals surface area (Å²) in [7, 11) is 0. The van der Waals surface area contributed by atoms with Crippen LogP contribution >= 0.6 is 27.5 Å². The second-order valence-corrected chi connectivity index (χ2v) is 4.79. The summed E-state index contributed by atoms with van der Waals surface area (Å²) in [6.45, 7) is 0. The van der Waals surface area contributed by atoms with Crippen LogP contribution in [0.4, 0.5) is 0 Å². The number of hydrogen-bond donors (Lipinski definition) is 2. The molecular formula is C12H9BrClN3O. The molecule has 0 saturated carbocycles. The van der Waals surface area contributed by atoms with E-state index < -0.39 is 0 Å². The zero-order chi connectivity index (χ0) is 13.1. The molecule has 0 saturated heterocycles. The molecule has 0 fully saturated rings. The van der Waals surface area contributed by atoms with Gasteiger partial charge in [0.15, 0.2) is 0 Å². The maximum atomic E-state index is 7.51. The summed E-state index contributed by atoms with van der Waals surface area (Å²) in [5.74, 6) is 0.822. The summed E-state index contributed by atoms with van der Waals surface area (Å²) in [5.41, 5.74) is 5.87. The van der Waals surface area contributed by atoms with Gasteiger partial charge >= 0.3 is 0 Å². The number of amidine groups is 1. The van der Waals surface area contributed by atoms with E-state index in [2.05, 4.69) is 20.9 Å². The summed E-state index contributed by atoms with van der Waals surface area (Å²) in [5, 5.41) is 7.89. The van der Waals surface area contributed by atoms with Crippen LogP contribution in [0.2, 0.25) is 5.02 Å². The molecule has 92 valence electrons. The zero-order valence-corrected chi connectivity index (χ0v) is 11.5. The molecule has 2 aromatic rings. The van der Waals surface area contributed by atoms with Crippen molar-refractivity contribution in [3.63, 3.8) is 0 Å². The van der Waals surface area contributed by atoms with Crippen LogP contribution in [0, 0.1) is 5.41 Å². The highest BCUT2D eigenvalue weighted by molar-refractivity contribution is 9.10. The predicted molar refractivity (Wildman–Crippen MR) is 74.5 cm³/mol. The fourth-order valence-corrected chi connectivity index (χ4v) is 2.04. The van der Waals surface area contributed by atoms with Gasteiger partial charge in [-0.15, -0.1) is 0 Å². The van der Waals surface area contributed by atoms with E-state index in [1.165, 1.54) is 0 Å². The van der Waals surface area contributed by atoms with E-state index in [9.17, 15) is 0 Å². The van der Waals surface area contributed by atoms with Crippen LogP contribution in [0.15, 0.2) is 41.1 Å². The van der Waals surface area contributed by atoms with Gasteiger partial charge in [-0.2, -0.15) is 0 Å². The summed E-state index contributed by atoms with van der Waals surface area (Å²) in [4.78, 5) is 3.99. The molecule has 0 aliphatic rings. The third-order valence-corrected chi connectivity index (χ3v) is 2.90. The first-order valence-electron chi connectivity index (χ1n) is 4.99. The summed E-state index contributed by atoms with van der Waals surface area (Å²) in [6, 6.07) is 6.85. The van der Waals surface area contributed by atoms with E-state index in [-0.39, 0.29) is 5.84 Å². The number of nitrogens with two attached hydrogens (primary N) is 1. The van der Waals surface area contributed by atoms with Crippen molar-refractivity contribution in [2.24, 2.45) is 5.73 Å². The average molecular weight is 327 g/mol. The minimum absolute atomic E-state index is 0.140. The van der Waals surface area contributed by atoms with Gasteiger partial charge < -0.3 is 10.5 Å². The number of halogens is 2. The highest BCUT2D eigenvalue weighted by Gasteiger charge is 2.12. The van der Waals surface area contributed by atoms with E-state index in [4.69, 9.17) is 27.5 Å². The number of nitrogens with one attached hydrogen (secondary N) is 1. The average Bonchev–Trinajstić information content (AvgIpc) is 2.28. The zero-order valence-electron chi connectivity index (χ0n) is 9.15. The predicted octanol–water partition coefficient (Wildman–Crippen LogP) is 3.57. The molecule has 18 heavy (non-hydrogen) atoms. The normalized spacial score (nSPS) is 10.1. The van der Waals surface area contributed by atoms with Gasteiger partial charge in [-0.05, 0) is 34.1 Å². The highest BCUT2D eigenvalue weighted by atomic mass is 79.9. The first kappa shape index (κ1) is 12.9. The topological polar surface area (TPSA) is 72.0 Å². The van der Waals surface area contributed by atoms with Crippen LogP contribution in [0.5, 0.6) is 11.5 Å². The van der Waals surface area contributed by atoms with E-state index >= 15 is 0 Å². The molecular weight excluding hydrogens is 318 g/mol. The van der Waals surface area contributed by atoms with Gasteiger partial charge in [-0.1, -0.05) is 17.7 Å². The summed E-state index contributed by atoms with van der Waals surface area (Å²) in [6.07, 6.45) is 3.21. The van der Waals surface area contributed by atoms with Crippen molar-refractivity contribution in [1.29, 1.82) is 5.41 Å². The van der Waals surface area contributed by atoms with Crippen LogP contribution in [0.1, 0.15) is 5.56 Å². The van der Waals surface area contributed by atoms with Crippen molar-refractivity contribution in [2.45, 2.75) is 0 Å². The van der Waals surface area contributed by atoms with Gasteiger partial charge in [-0.3, -0.25) is 10.4 Å². The molecule has 0 amide bonds. The molecule has 4 nitrogen and oxygen atoms in total. The molecule has 0 radical (unpaired) electrons. The van der Waals surface area contributed by atoms with E-state index in [1.807, 2.05) is 0 Å². The van der Waals surface area contributed by atoms with E-state index in [0.717, 1.165) is 4.47 Å². The molecule has 0 aliphatic carbocycles. The Kier molecular flexibility index (Phi) is 3.84. The van der Waals surface area contributed by atoms with Crippen molar-refractivity contribution < 1.29 is 4.74 Å². The quantitative estimate of drug-likeness (QED) is 0.669. The van der Waals surface area contributed by atoms with Gasteiger partial charge in [0.05, 0.1) is 16.8 Å². The highest BCUT2D eigenvalue weighted by Crippen LogP contribution is 2.30. The maximum Gasteiger partial charge on any atom is 0.146 e. The van der Waals surface area contributed by atoms with Gasteiger partial charge in [-0.25, -0.2) is 0 Å². The Morgan fingerprint density at radius 2 is 2.17 bits per heavy atom. The van der Waals surface area contributed by atoms with Crippen LogP contribution in [-0.4, -0.2) is 10.8 Å². The lowest BCUT2D eigenvalue weighted by atomic mass is 10.2. The summed E-state index contributed by atoms with van der Waals surface area (Å²) >= 11 is 9.30. The fraction of sp³-hybridized carbons (Fsp3) is 0. The number of rotatable bonds is 3. The van der Waals surface area contributed by atoms with Crippen molar-refractivity contribution in [1.82, 2.24) is 4.98 Å². The largest absolute Gasteiger partial charge is 0.455 e. The Bertz CT molecular complexity index is 604. The van der Waals surface area contributed by atoms with Crippen molar-refractivity contribution in [3.05, 3.63) is 51.7 Å². The number of ether oxygens (including phenoxy) is 1. The van der Waals surface area contributed by atoms with Crippen LogP contribution in [0.3, 0.4) is 0 Å². The van der Waals surface area contributed by atoms with Crippen molar-refractivity contribution in [2.75, 3.05) is 0 Å². The lowest BCUT2D eigenvalue weighted by Gasteiger charge is -2.11. The van der Waals surface area contributed by atoms with Gasteiger partial charge in [0.25, 0.3) is 0 Å². The molecule has 3 N–H and O–H groups in total. The molecule has 0 spiro atoms. The number of benzene rings is 1.